The maximum Gasteiger partial charge on any atom is 0.133 e. The van der Waals surface area contributed by atoms with Crippen LogP contribution in [0.15, 0.2) is 0 Å². The van der Waals surface area contributed by atoms with E-state index >= 15 is 0 Å². The highest BCUT2D eigenvalue weighted by Crippen LogP contribution is 2.60. The molecule has 2 aliphatic rings. The van der Waals surface area contributed by atoms with E-state index in [1.54, 1.807) is 0 Å². The predicted molar refractivity (Wildman–Crippen MR) is 62.6 cm³/mol. The van der Waals surface area contributed by atoms with E-state index in [2.05, 4.69) is 20.8 Å². The molecular weight excluding hydrogens is 184 g/mol. The van der Waals surface area contributed by atoms with Crippen molar-refractivity contribution < 1.29 is 4.79 Å². The van der Waals surface area contributed by atoms with Crippen LogP contribution in [0.25, 0.3) is 0 Å². The average Bonchev–Trinajstić information content (AvgIpc) is 2.69. The summed E-state index contributed by atoms with van der Waals surface area (Å²) in [6, 6.07) is 0. The number of hydrogen-bond donors (Lipinski definition) is 0. The first-order chi connectivity index (χ1) is 7.05. The van der Waals surface area contributed by atoms with Gasteiger partial charge in [-0.3, -0.25) is 4.79 Å². The van der Waals surface area contributed by atoms with E-state index in [4.69, 9.17) is 0 Å². The van der Waals surface area contributed by atoms with Gasteiger partial charge in [0.1, 0.15) is 5.78 Å². The Balaban J connectivity index is 2.00. The summed E-state index contributed by atoms with van der Waals surface area (Å²) in [6.07, 6.45) is 6.87. The molecule has 0 spiro atoms. The van der Waals surface area contributed by atoms with Gasteiger partial charge in [-0.1, -0.05) is 20.8 Å². The van der Waals surface area contributed by atoms with E-state index in [-0.39, 0.29) is 0 Å². The van der Waals surface area contributed by atoms with Crippen LogP contribution in [0.4, 0.5) is 0 Å². The van der Waals surface area contributed by atoms with Crippen molar-refractivity contribution in [1.29, 1.82) is 0 Å². The summed E-state index contributed by atoms with van der Waals surface area (Å²) in [5, 5.41) is 0. The number of carbonyl (C=O) groups is 1. The van der Waals surface area contributed by atoms with Crippen molar-refractivity contribution in [3.05, 3.63) is 0 Å². The lowest BCUT2D eigenvalue weighted by Gasteiger charge is -2.38. The van der Waals surface area contributed by atoms with Gasteiger partial charge < -0.3 is 0 Å². The minimum Gasteiger partial charge on any atom is -0.300 e. The maximum atomic E-state index is 11.8. The zero-order valence-corrected chi connectivity index (χ0v) is 10.4. The van der Waals surface area contributed by atoms with Gasteiger partial charge in [0.15, 0.2) is 0 Å². The molecule has 0 heterocycles. The molecule has 15 heavy (non-hydrogen) atoms. The van der Waals surface area contributed by atoms with Crippen LogP contribution in [0.5, 0.6) is 0 Å². The number of ketones is 1. The fourth-order valence-electron chi connectivity index (χ4n) is 4.02. The van der Waals surface area contributed by atoms with E-state index in [1.165, 1.54) is 19.3 Å². The van der Waals surface area contributed by atoms with Gasteiger partial charge in [0.25, 0.3) is 0 Å². The molecule has 2 rings (SSSR count). The predicted octanol–water partition coefficient (Wildman–Crippen LogP) is 3.82. The molecule has 0 unspecified atom stereocenters. The normalized spacial score (nSPS) is 37.1. The van der Waals surface area contributed by atoms with Gasteiger partial charge in [0.05, 0.1) is 0 Å². The van der Waals surface area contributed by atoms with Crippen molar-refractivity contribution in [3.63, 3.8) is 0 Å². The molecule has 0 aromatic heterocycles. The molecule has 0 aliphatic heterocycles. The van der Waals surface area contributed by atoms with Crippen molar-refractivity contribution in [1.82, 2.24) is 0 Å². The molecule has 86 valence electrons. The van der Waals surface area contributed by atoms with Crippen LogP contribution in [0.3, 0.4) is 0 Å². The first-order valence-electron chi connectivity index (χ1n) is 6.57. The molecule has 0 amide bonds. The second-order valence-corrected chi connectivity index (χ2v) is 6.19. The van der Waals surface area contributed by atoms with Crippen LogP contribution in [0.1, 0.15) is 59.3 Å². The zero-order valence-electron chi connectivity index (χ0n) is 10.4. The zero-order chi connectivity index (χ0) is 11.1. The Labute approximate surface area is 93.6 Å². The third-order valence-electron chi connectivity index (χ3n) is 5.03. The van der Waals surface area contributed by atoms with E-state index < -0.39 is 0 Å². The minimum atomic E-state index is 0.437. The van der Waals surface area contributed by atoms with Gasteiger partial charge >= 0.3 is 0 Å². The van der Waals surface area contributed by atoms with Crippen LogP contribution in [0.2, 0.25) is 0 Å². The topological polar surface area (TPSA) is 17.1 Å². The summed E-state index contributed by atoms with van der Waals surface area (Å²) in [4.78, 5) is 11.8. The van der Waals surface area contributed by atoms with Gasteiger partial charge in [0.2, 0.25) is 0 Å². The van der Waals surface area contributed by atoms with Crippen molar-refractivity contribution in [3.8, 4) is 0 Å². The third kappa shape index (κ3) is 1.86. The largest absolute Gasteiger partial charge is 0.300 e. The lowest BCUT2D eigenvalue weighted by Crippen LogP contribution is -2.32. The van der Waals surface area contributed by atoms with Gasteiger partial charge in [-0.25, -0.2) is 0 Å². The van der Waals surface area contributed by atoms with Crippen molar-refractivity contribution in [2.24, 2.45) is 23.2 Å². The SMILES string of the molecule is CCCC(=O)C[C@@H]1[C@@H]2CC[C@@H](C2)C1(C)C. The molecule has 1 nitrogen and oxygen atoms in total. The van der Waals surface area contributed by atoms with Gasteiger partial charge in [-0.15, -0.1) is 0 Å². The Kier molecular flexibility index (Phi) is 2.92. The molecule has 2 fully saturated rings. The Bertz CT molecular complexity index is 254. The highest BCUT2D eigenvalue weighted by atomic mass is 16.1. The number of Topliss-reactive ketones (excluding diaryl/α,β-unsaturated/α-hetero) is 1. The second kappa shape index (κ2) is 3.92. The summed E-state index contributed by atoms with van der Waals surface area (Å²) in [6.45, 7) is 6.88. The van der Waals surface area contributed by atoms with Crippen LogP contribution >= 0.6 is 0 Å². The molecule has 2 bridgehead atoms. The van der Waals surface area contributed by atoms with Crippen molar-refractivity contribution in [2.45, 2.75) is 59.3 Å². The van der Waals surface area contributed by atoms with Gasteiger partial charge in [0, 0.05) is 12.8 Å². The number of hydrogen-bond acceptors (Lipinski definition) is 1. The Morgan fingerprint density at radius 1 is 1.33 bits per heavy atom. The van der Waals surface area contributed by atoms with E-state index in [9.17, 15) is 4.79 Å². The average molecular weight is 208 g/mol. The fourth-order valence-corrected chi connectivity index (χ4v) is 4.02. The van der Waals surface area contributed by atoms with E-state index in [1.807, 2.05) is 0 Å². The summed E-state index contributed by atoms with van der Waals surface area (Å²) < 4.78 is 0. The quantitative estimate of drug-likeness (QED) is 0.686. The summed E-state index contributed by atoms with van der Waals surface area (Å²) >= 11 is 0. The van der Waals surface area contributed by atoms with Crippen LogP contribution in [-0.2, 0) is 4.79 Å². The third-order valence-corrected chi connectivity index (χ3v) is 5.03. The Hall–Kier alpha value is -0.330. The molecule has 1 heteroatoms. The summed E-state index contributed by atoms with van der Waals surface area (Å²) in [5.41, 5.74) is 0.437. The lowest BCUT2D eigenvalue weighted by atomic mass is 9.67. The Morgan fingerprint density at radius 2 is 2.07 bits per heavy atom. The molecule has 0 radical (unpaired) electrons. The first-order valence-corrected chi connectivity index (χ1v) is 6.57. The van der Waals surface area contributed by atoms with Crippen LogP contribution < -0.4 is 0 Å². The van der Waals surface area contributed by atoms with E-state index in [0.717, 1.165) is 31.1 Å². The van der Waals surface area contributed by atoms with E-state index in [0.29, 0.717) is 17.1 Å². The number of carbonyl (C=O) groups excluding carboxylic acids is 1. The molecule has 0 saturated heterocycles. The van der Waals surface area contributed by atoms with Gasteiger partial charge in [-0.05, 0) is 48.9 Å². The number of fused-ring (bicyclic) bond motifs is 2. The summed E-state index contributed by atoms with van der Waals surface area (Å²) in [7, 11) is 0. The molecule has 0 aromatic rings. The number of rotatable bonds is 4. The Morgan fingerprint density at radius 3 is 2.60 bits per heavy atom. The molecular formula is C14H24O. The van der Waals surface area contributed by atoms with Crippen LogP contribution in [-0.4, -0.2) is 5.78 Å². The molecule has 2 saturated carbocycles. The molecule has 0 aromatic carbocycles. The maximum absolute atomic E-state index is 11.8. The summed E-state index contributed by atoms with van der Waals surface area (Å²) in [5.74, 6) is 2.96. The van der Waals surface area contributed by atoms with Crippen molar-refractivity contribution in [2.75, 3.05) is 0 Å². The van der Waals surface area contributed by atoms with Crippen LogP contribution in [0, 0.1) is 23.2 Å². The second-order valence-electron chi connectivity index (χ2n) is 6.19. The van der Waals surface area contributed by atoms with Crippen molar-refractivity contribution >= 4 is 5.78 Å². The molecule has 2 aliphatic carbocycles. The fraction of sp³-hybridized carbons (Fsp3) is 0.929. The monoisotopic (exact) mass is 208 g/mol. The highest BCUT2D eigenvalue weighted by molar-refractivity contribution is 5.78. The highest BCUT2D eigenvalue weighted by Gasteiger charge is 2.52. The molecule has 0 N–H and O–H groups in total. The standard InChI is InChI=1S/C14H24O/c1-4-5-12(15)9-13-10-6-7-11(8-10)14(13,2)3/h10-11,13H,4-9H2,1-3H3/t10-,11+,13-/m1/s1. The lowest BCUT2D eigenvalue weighted by molar-refractivity contribution is -0.121. The minimum absolute atomic E-state index is 0.437. The first kappa shape index (κ1) is 11.2. The molecule has 3 atom stereocenters. The smallest absolute Gasteiger partial charge is 0.133 e. The van der Waals surface area contributed by atoms with Gasteiger partial charge in [-0.2, -0.15) is 0 Å².